The number of thiophene rings is 1. The van der Waals surface area contributed by atoms with E-state index in [4.69, 9.17) is 10.5 Å². The lowest BCUT2D eigenvalue weighted by atomic mass is 9.95. The Balaban J connectivity index is 1.41. The van der Waals surface area contributed by atoms with Crippen LogP contribution >= 0.6 is 11.3 Å². The lowest BCUT2D eigenvalue weighted by molar-refractivity contribution is -0.140. The molecule has 1 amide bonds. The summed E-state index contributed by atoms with van der Waals surface area (Å²) in [6.07, 6.45) is -2.42. The molecule has 3 aliphatic heterocycles. The Labute approximate surface area is 287 Å². The summed E-state index contributed by atoms with van der Waals surface area (Å²) in [5.41, 5.74) is 3.31. The Kier molecular flexibility index (Phi) is 8.33. The van der Waals surface area contributed by atoms with E-state index in [1.54, 1.807) is 16.8 Å². The highest BCUT2D eigenvalue weighted by molar-refractivity contribution is 7.23. The molecule has 4 aromatic rings. The molecule has 3 saturated heterocycles. The van der Waals surface area contributed by atoms with Gasteiger partial charge in [0.2, 0.25) is 5.91 Å². The Morgan fingerprint density at radius 3 is 2.78 bits per heavy atom. The number of hydrogen-bond acceptors (Lipinski definition) is 10. The molecular formula is C34H33F5N8O2S. The molecule has 0 spiro atoms. The molecule has 262 valence electrons. The van der Waals surface area contributed by atoms with E-state index >= 15 is 0 Å². The van der Waals surface area contributed by atoms with Crippen LogP contribution in [0.15, 0.2) is 30.9 Å². The van der Waals surface area contributed by atoms with Crippen molar-refractivity contribution in [2.45, 2.75) is 62.6 Å². The number of carbonyl (C=O) groups excluding carboxylic acids is 1. The third-order valence-electron chi connectivity index (χ3n) is 10.4. The summed E-state index contributed by atoms with van der Waals surface area (Å²) < 4.78 is 80.4. The number of likely N-dealkylation sites (N-methyl/N-ethyl adjacent to an activating group) is 1. The zero-order valence-electron chi connectivity index (χ0n) is 27.2. The summed E-state index contributed by atoms with van der Waals surface area (Å²) in [5.74, 6) is -0.959. The molecule has 3 aromatic heterocycles. The van der Waals surface area contributed by atoms with Gasteiger partial charge in [-0.1, -0.05) is 12.6 Å². The highest BCUT2D eigenvalue weighted by Crippen LogP contribution is 2.46. The molecule has 3 fully saturated rings. The van der Waals surface area contributed by atoms with Crippen LogP contribution in [0.5, 0.6) is 6.01 Å². The molecule has 2 N–H and O–H groups in total. The van der Waals surface area contributed by atoms with Crippen molar-refractivity contribution in [2.75, 3.05) is 43.9 Å². The zero-order valence-corrected chi connectivity index (χ0v) is 28.0. The number of likely N-dealkylation sites (tertiary alicyclic amines) is 1. The number of ether oxygens (including phenoxy) is 1. The quantitative estimate of drug-likeness (QED) is 0.179. The van der Waals surface area contributed by atoms with E-state index in [2.05, 4.69) is 26.4 Å². The van der Waals surface area contributed by atoms with Gasteiger partial charge in [-0.25, -0.2) is 13.8 Å². The smallest absolute Gasteiger partial charge is 0.433 e. The molecule has 6 heterocycles. The molecule has 4 unspecified atom stereocenters. The number of anilines is 2. The predicted molar refractivity (Wildman–Crippen MR) is 179 cm³/mol. The second-order valence-corrected chi connectivity index (χ2v) is 14.2. The highest BCUT2D eigenvalue weighted by atomic mass is 32.1. The minimum absolute atomic E-state index is 0.000670. The van der Waals surface area contributed by atoms with Crippen molar-refractivity contribution in [1.82, 2.24) is 24.8 Å². The summed E-state index contributed by atoms with van der Waals surface area (Å²) in [7, 11) is 1.66. The van der Waals surface area contributed by atoms with Gasteiger partial charge in [0.05, 0.1) is 27.4 Å². The van der Waals surface area contributed by atoms with Crippen molar-refractivity contribution >= 4 is 49.2 Å². The van der Waals surface area contributed by atoms with Gasteiger partial charge in [-0.2, -0.15) is 28.4 Å². The van der Waals surface area contributed by atoms with E-state index in [0.29, 0.717) is 25.9 Å². The average Bonchev–Trinajstić information content (AvgIpc) is 3.82. The first kappa shape index (κ1) is 33.9. The second kappa shape index (κ2) is 12.3. The number of amides is 1. The van der Waals surface area contributed by atoms with Crippen molar-refractivity contribution in [3.63, 3.8) is 0 Å². The summed E-state index contributed by atoms with van der Waals surface area (Å²) in [6, 6.07) is 4.43. The SMILES string of the molecule is C=CC(=O)N1CCC(N(C)c2nc(OCC34CCCN3CC(F)C4)nc3cc(-c4ccc(F)c5sc(N)c(C#N)c45)c(C(F)(F)F)nc23)C1C. The second-order valence-electron chi connectivity index (χ2n) is 13.1. The normalized spacial score (nSPS) is 23.8. The fourth-order valence-electron chi connectivity index (χ4n) is 7.95. The van der Waals surface area contributed by atoms with E-state index in [1.165, 1.54) is 18.2 Å². The van der Waals surface area contributed by atoms with Crippen LogP contribution in [0.1, 0.15) is 43.9 Å². The van der Waals surface area contributed by atoms with Crippen molar-refractivity contribution in [3.05, 3.63) is 47.9 Å². The average molecular weight is 713 g/mol. The van der Waals surface area contributed by atoms with Gasteiger partial charge in [0, 0.05) is 43.5 Å². The molecular weight excluding hydrogens is 679 g/mol. The molecule has 1 aromatic carbocycles. The molecule has 4 atom stereocenters. The highest BCUT2D eigenvalue weighted by Gasteiger charge is 2.49. The monoisotopic (exact) mass is 712 g/mol. The number of benzene rings is 1. The van der Waals surface area contributed by atoms with Gasteiger partial charge in [-0.3, -0.25) is 9.69 Å². The van der Waals surface area contributed by atoms with Crippen LogP contribution in [0, 0.1) is 17.1 Å². The number of fused-ring (bicyclic) bond motifs is 3. The van der Waals surface area contributed by atoms with Gasteiger partial charge in [0.15, 0.2) is 11.5 Å². The summed E-state index contributed by atoms with van der Waals surface area (Å²) in [6.45, 7) is 6.90. The van der Waals surface area contributed by atoms with E-state index in [9.17, 15) is 32.0 Å². The van der Waals surface area contributed by atoms with Gasteiger partial charge >= 0.3 is 12.2 Å². The molecule has 0 radical (unpaired) electrons. The van der Waals surface area contributed by atoms with E-state index in [1.807, 2.05) is 13.0 Å². The van der Waals surface area contributed by atoms with Crippen LogP contribution in [0.25, 0.3) is 32.2 Å². The number of nitriles is 1. The number of aromatic nitrogens is 3. The number of rotatable bonds is 7. The van der Waals surface area contributed by atoms with E-state index in [0.717, 1.165) is 30.4 Å². The lowest BCUT2D eigenvalue weighted by Crippen LogP contribution is -2.44. The number of nitrogens with zero attached hydrogens (tertiary/aromatic N) is 7. The molecule has 0 saturated carbocycles. The Morgan fingerprint density at radius 1 is 1.28 bits per heavy atom. The van der Waals surface area contributed by atoms with Crippen LogP contribution in [-0.4, -0.2) is 87.7 Å². The molecule has 7 rings (SSSR count). The van der Waals surface area contributed by atoms with Crippen LogP contribution in [0.4, 0.5) is 32.8 Å². The van der Waals surface area contributed by atoms with E-state index in [-0.39, 0.29) is 80.1 Å². The van der Waals surface area contributed by atoms with Gasteiger partial charge < -0.3 is 20.3 Å². The van der Waals surface area contributed by atoms with Gasteiger partial charge in [0.25, 0.3) is 0 Å². The Morgan fingerprint density at radius 2 is 2.06 bits per heavy atom. The minimum Gasteiger partial charge on any atom is -0.461 e. The number of carbonyl (C=O) groups is 1. The lowest BCUT2D eigenvalue weighted by Gasteiger charge is -2.32. The van der Waals surface area contributed by atoms with Gasteiger partial charge in [-0.05, 0) is 56.5 Å². The molecule has 50 heavy (non-hydrogen) atoms. The molecule has 0 bridgehead atoms. The summed E-state index contributed by atoms with van der Waals surface area (Å²) in [4.78, 5) is 31.2. The van der Waals surface area contributed by atoms with E-state index < -0.39 is 35.0 Å². The van der Waals surface area contributed by atoms with Crippen LogP contribution in [0.3, 0.4) is 0 Å². The number of pyridine rings is 1. The first-order valence-electron chi connectivity index (χ1n) is 16.1. The number of nitrogen functional groups attached to an aromatic ring is 1. The van der Waals surface area contributed by atoms with Crippen molar-refractivity contribution in [2.24, 2.45) is 0 Å². The predicted octanol–water partition coefficient (Wildman–Crippen LogP) is 6.09. The first-order chi connectivity index (χ1) is 23.8. The van der Waals surface area contributed by atoms with Crippen LogP contribution in [0.2, 0.25) is 0 Å². The maximum Gasteiger partial charge on any atom is 0.433 e. The maximum absolute atomic E-state index is 14.9. The number of hydrogen-bond donors (Lipinski definition) is 1. The number of halogens is 5. The molecule has 10 nitrogen and oxygen atoms in total. The van der Waals surface area contributed by atoms with Gasteiger partial charge in [0.1, 0.15) is 35.2 Å². The molecule has 3 aliphatic rings. The minimum atomic E-state index is -4.99. The largest absolute Gasteiger partial charge is 0.461 e. The van der Waals surface area contributed by atoms with Crippen LogP contribution < -0.4 is 15.4 Å². The fraction of sp³-hybridized carbons (Fsp3) is 0.441. The maximum atomic E-state index is 14.9. The van der Waals surface area contributed by atoms with Crippen molar-refractivity contribution in [1.29, 1.82) is 5.26 Å². The number of nitrogens with two attached hydrogens (primary N) is 1. The third-order valence-corrected chi connectivity index (χ3v) is 11.4. The van der Waals surface area contributed by atoms with Crippen LogP contribution in [-0.2, 0) is 11.0 Å². The summed E-state index contributed by atoms with van der Waals surface area (Å²) >= 11 is 0.770. The van der Waals surface area contributed by atoms with Gasteiger partial charge in [-0.15, -0.1) is 11.3 Å². The summed E-state index contributed by atoms with van der Waals surface area (Å²) in [5, 5.41) is 9.75. The Bertz CT molecular complexity index is 2080. The molecule has 0 aliphatic carbocycles. The van der Waals surface area contributed by atoms with Crippen molar-refractivity contribution in [3.8, 4) is 23.2 Å². The zero-order chi connectivity index (χ0) is 35.7. The third kappa shape index (κ3) is 5.47. The standard InChI is InChI=1S/C34H33F5N8O2S/c1-4-25(48)47-11-8-24(17(47)2)45(3)31-27-23(42-32(44-31)49-16-33-9-5-10-46(33)15-18(35)13-33)12-20(29(43-27)34(37,38)39)19-6-7-22(36)28-26(19)21(14-40)30(41)50-28/h4,6-7,12,17-18,24H,1,5,8-11,13,15-16,41H2,2-3H3. The Hall–Kier alpha value is -4.62. The topological polar surface area (TPSA) is 125 Å². The number of alkyl halides is 4. The fourth-order valence-corrected chi connectivity index (χ4v) is 8.90. The first-order valence-corrected chi connectivity index (χ1v) is 17.0. The van der Waals surface area contributed by atoms with Crippen molar-refractivity contribution < 1.29 is 31.5 Å². The molecule has 16 heteroatoms.